The van der Waals surface area contributed by atoms with Crippen molar-refractivity contribution in [2.45, 2.75) is 19.3 Å². The highest BCUT2D eigenvalue weighted by Gasteiger charge is 1.89. The summed E-state index contributed by atoms with van der Waals surface area (Å²) in [5.41, 5.74) is 0. The highest BCUT2D eigenvalue weighted by atomic mass is 16.5. The smallest absolute Gasteiger partial charge is 0.0653 e. The van der Waals surface area contributed by atoms with Crippen molar-refractivity contribution in [3.63, 3.8) is 0 Å². The lowest BCUT2D eigenvalue weighted by atomic mass is 10.2. The average Bonchev–Trinajstić information content (AvgIpc) is 1.62. The predicted molar refractivity (Wildman–Crippen MR) is 32.5 cm³/mol. The molecule has 0 aromatic rings. The minimum Gasteiger partial charge on any atom is -0.377 e. The lowest BCUT2D eigenvalue weighted by molar-refractivity contribution is 0.154. The standard InChI is InChI=1S/C7H11O/c1-2-4-6-8-7-5-3-1/h5H,1-2,4,6-7H2. The summed E-state index contributed by atoms with van der Waals surface area (Å²) in [5, 5.41) is 0. The van der Waals surface area contributed by atoms with Crippen LogP contribution in [0.4, 0.5) is 0 Å². The molecule has 0 saturated heterocycles. The van der Waals surface area contributed by atoms with Crippen LogP contribution in [0, 0.1) is 6.08 Å². The average molecular weight is 111 g/mol. The molecule has 1 radical (unpaired) electrons. The molecule has 45 valence electrons. The zero-order valence-corrected chi connectivity index (χ0v) is 5.02. The second-order valence-corrected chi connectivity index (χ2v) is 1.94. The van der Waals surface area contributed by atoms with Crippen LogP contribution in [-0.4, -0.2) is 13.2 Å². The van der Waals surface area contributed by atoms with E-state index in [0.717, 1.165) is 19.6 Å². The summed E-state index contributed by atoms with van der Waals surface area (Å²) in [4.78, 5) is 0. The van der Waals surface area contributed by atoms with Crippen LogP contribution in [0.2, 0.25) is 0 Å². The molecule has 1 heteroatoms. The fourth-order valence-electron chi connectivity index (χ4n) is 0.734. The van der Waals surface area contributed by atoms with E-state index in [4.69, 9.17) is 4.74 Å². The van der Waals surface area contributed by atoms with Crippen LogP contribution in [-0.2, 0) is 4.74 Å². The van der Waals surface area contributed by atoms with Gasteiger partial charge in [0.05, 0.1) is 6.61 Å². The van der Waals surface area contributed by atoms with Crippen molar-refractivity contribution in [2.75, 3.05) is 13.2 Å². The third-order valence-corrected chi connectivity index (χ3v) is 1.21. The summed E-state index contributed by atoms with van der Waals surface area (Å²) in [5.74, 6) is 0. The van der Waals surface area contributed by atoms with Gasteiger partial charge in [-0.25, -0.2) is 0 Å². The van der Waals surface area contributed by atoms with Crippen molar-refractivity contribution < 1.29 is 4.74 Å². The topological polar surface area (TPSA) is 9.23 Å². The molecule has 8 heavy (non-hydrogen) atoms. The molecule has 1 aliphatic heterocycles. The summed E-state index contributed by atoms with van der Waals surface area (Å²) >= 11 is 0. The molecule has 0 aliphatic carbocycles. The first-order chi connectivity index (χ1) is 4.00. The van der Waals surface area contributed by atoms with Gasteiger partial charge in [0.2, 0.25) is 0 Å². The Balaban J connectivity index is 2.17. The number of hydrogen-bond donors (Lipinski definition) is 0. The molecule has 1 heterocycles. The van der Waals surface area contributed by atoms with E-state index in [9.17, 15) is 0 Å². The molecule has 0 saturated carbocycles. The van der Waals surface area contributed by atoms with E-state index in [2.05, 4.69) is 6.08 Å². The third-order valence-electron chi connectivity index (χ3n) is 1.21. The van der Waals surface area contributed by atoms with Gasteiger partial charge in [0, 0.05) is 6.61 Å². The number of hydrogen-bond acceptors (Lipinski definition) is 1. The molecule has 1 rings (SSSR count). The Morgan fingerprint density at radius 2 is 2.38 bits per heavy atom. The van der Waals surface area contributed by atoms with E-state index in [1.165, 1.54) is 12.8 Å². The Hall–Kier alpha value is -0.300. The number of ether oxygens (including phenoxy) is 1. The lowest BCUT2D eigenvalue weighted by Gasteiger charge is -2.01. The van der Waals surface area contributed by atoms with Crippen LogP contribution < -0.4 is 0 Å². The predicted octanol–water partition coefficient (Wildman–Crippen LogP) is 1.55. The van der Waals surface area contributed by atoms with E-state index in [-0.39, 0.29) is 0 Å². The number of rotatable bonds is 0. The molecule has 0 fully saturated rings. The molecular weight excluding hydrogens is 100 g/mol. The van der Waals surface area contributed by atoms with E-state index in [1.807, 2.05) is 6.08 Å². The van der Waals surface area contributed by atoms with Gasteiger partial charge in [0.15, 0.2) is 0 Å². The maximum absolute atomic E-state index is 5.16. The molecular formula is C7H11O. The molecule has 0 unspecified atom stereocenters. The first-order valence-corrected chi connectivity index (χ1v) is 3.13. The van der Waals surface area contributed by atoms with E-state index in [0.29, 0.717) is 0 Å². The summed E-state index contributed by atoms with van der Waals surface area (Å²) in [7, 11) is 0. The zero-order valence-electron chi connectivity index (χ0n) is 5.02. The van der Waals surface area contributed by atoms with E-state index in [1.54, 1.807) is 0 Å². The molecule has 0 atom stereocenters. The molecule has 1 aliphatic rings. The first kappa shape index (κ1) is 5.83. The maximum atomic E-state index is 5.16. The highest BCUT2D eigenvalue weighted by Crippen LogP contribution is 1.99. The van der Waals surface area contributed by atoms with Gasteiger partial charge in [0.1, 0.15) is 0 Å². The van der Waals surface area contributed by atoms with Crippen molar-refractivity contribution in [1.29, 1.82) is 0 Å². The minimum atomic E-state index is 0.764. The van der Waals surface area contributed by atoms with Crippen molar-refractivity contribution >= 4 is 0 Å². The molecule has 1 nitrogen and oxygen atoms in total. The maximum Gasteiger partial charge on any atom is 0.0653 e. The SMILES string of the molecule is [C]1=C\COCCCC/1. The monoisotopic (exact) mass is 111 g/mol. The van der Waals surface area contributed by atoms with E-state index < -0.39 is 0 Å². The normalized spacial score (nSPS) is 26.0. The Kier molecular flexibility index (Phi) is 2.68. The van der Waals surface area contributed by atoms with Crippen LogP contribution >= 0.6 is 0 Å². The van der Waals surface area contributed by atoms with Gasteiger partial charge >= 0.3 is 0 Å². The van der Waals surface area contributed by atoms with Gasteiger partial charge in [-0.2, -0.15) is 0 Å². The van der Waals surface area contributed by atoms with Crippen LogP contribution in [0.1, 0.15) is 19.3 Å². The van der Waals surface area contributed by atoms with Crippen molar-refractivity contribution in [1.82, 2.24) is 0 Å². The van der Waals surface area contributed by atoms with Crippen molar-refractivity contribution in [2.24, 2.45) is 0 Å². The van der Waals surface area contributed by atoms with Crippen molar-refractivity contribution in [3.8, 4) is 0 Å². The fraction of sp³-hybridized carbons (Fsp3) is 0.714. The largest absolute Gasteiger partial charge is 0.377 e. The molecule has 0 spiro atoms. The fourth-order valence-corrected chi connectivity index (χ4v) is 0.734. The number of allylic oxidation sites excluding steroid dienone is 1. The minimum absolute atomic E-state index is 0.764. The summed E-state index contributed by atoms with van der Waals surface area (Å²) in [6.45, 7) is 1.69. The second kappa shape index (κ2) is 3.67. The van der Waals surface area contributed by atoms with E-state index >= 15 is 0 Å². The van der Waals surface area contributed by atoms with Crippen LogP contribution in [0.5, 0.6) is 0 Å². The summed E-state index contributed by atoms with van der Waals surface area (Å²) in [6.07, 6.45) is 8.65. The van der Waals surface area contributed by atoms with Crippen LogP contribution in [0.25, 0.3) is 0 Å². The quantitative estimate of drug-likeness (QED) is 0.461. The molecule has 0 N–H and O–H groups in total. The molecule has 0 amide bonds. The van der Waals surface area contributed by atoms with Gasteiger partial charge in [-0.3, -0.25) is 0 Å². The molecule has 0 aromatic carbocycles. The Morgan fingerprint density at radius 3 is 3.38 bits per heavy atom. The summed E-state index contributed by atoms with van der Waals surface area (Å²) < 4.78 is 5.16. The van der Waals surface area contributed by atoms with Gasteiger partial charge in [-0.1, -0.05) is 6.08 Å². The highest BCUT2D eigenvalue weighted by molar-refractivity contribution is 4.74. The van der Waals surface area contributed by atoms with Gasteiger partial charge in [0.25, 0.3) is 0 Å². The first-order valence-electron chi connectivity index (χ1n) is 3.13. The third kappa shape index (κ3) is 2.12. The van der Waals surface area contributed by atoms with Crippen LogP contribution in [0.15, 0.2) is 6.08 Å². The molecule has 0 aromatic heterocycles. The second-order valence-electron chi connectivity index (χ2n) is 1.94. The van der Waals surface area contributed by atoms with Gasteiger partial charge < -0.3 is 4.74 Å². The van der Waals surface area contributed by atoms with Gasteiger partial charge in [-0.15, -0.1) is 0 Å². The van der Waals surface area contributed by atoms with Gasteiger partial charge in [-0.05, 0) is 25.3 Å². The Bertz CT molecular complexity index is 66.5. The lowest BCUT2D eigenvalue weighted by Crippen LogP contribution is -1.96. The zero-order chi connectivity index (χ0) is 5.66. The molecule has 0 bridgehead atoms. The Labute approximate surface area is 50.3 Å². The van der Waals surface area contributed by atoms with Crippen molar-refractivity contribution in [3.05, 3.63) is 12.2 Å². The van der Waals surface area contributed by atoms with Crippen LogP contribution in [0.3, 0.4) is 0 Å². The Morgan fingerprint density at radius 1 is 1.38 bits per heavy atom. The summed E-state index contributed by atoms with van der Waals surface area (Å²) in [6, 6.07) is 0.